The lowest BCUT2D eigenvalue weighted by Crippen LogP contribution is -2.12. The van der Waals surface area contributed by atoms with Gasteiger partial charge in [0.25, 0.3) is 10.0 Å². The zero-order valence-corrected chi connectivity index (χ0v) is 17.0. The van der Waals surface area contributed by atoms with Gasteiger partial charge in [-0.3, -0.25) is 0 Å². The second-order valence-electron chi connectivity index (χ2n) is 7.28. The first-order chi connectivity index (χ1) is 14.0. The Balaban J connectivity index is 1.88. The predicted octanol–water partition coefficient (Wildman–Crippen LogP) is 5.44. The molecule has 0 aliphatic rings. The van der Waals surface area contributed by atoms with E-state index in [1.165, 1.54) is 9.54 Å². The minimum Gasteiger partial charge on any atom is -0.318 e. The Hall–Kier alpha value is -3.31. The van der Waals surface area contributed by atoms with Gasteiger partial charge in [0, 0.05) is 28.4 Å². The van der Waals surface area contributed by atoms with Gasteiger partial charge in [-0.1, -0.05) is 54.1 Å². The van der Waals surface area contributed by atoms with Crippen LogP contribution in [0.1, 0.15) is 11.3 Å². The van der Waals surface area contributed by atoms with Crippen LogP contribution in [0, 0.1) is 13.8 Å². The molecule has 0 atom stereocenters. The maximum atomic E-state index is 13.6. The summed E-state index contributed by atoms with van der Waals surface area (Å²) < 4.78 is 30.7. The Morgan fingerprint density at radius 1 is 0.724 bits per heavy atom. The molecule has 0 aliphatic carbocycles. The Morgan fingerprint density at radius 2 is 1.38 bits per heavy atom. The maximum Gasteiger partial charge on any atom is 0.268 e. The molecule has 0 saturated carbocycles. The van der Waals surface area contributed by atoms with Crippen LogP contribution in [0.25, 0.3) is 27.5 Å². The average molecular weight is 401 g/mol. The number of rotatable bonds is 3. The Kier molecular flexibility index (Phi) is 3.89. The number of para-hydroxylation sites is 1. The van der Waals surface area contributed by atoms with E-state index < -0.39 is 10.0 Å². The molecule has 5 rings (SSSR count). The van der Waals surface area contributed by atoms with E-state index in [0.29, 0.717) is 11.0 Å². The molecule has 5 heteroatoms. The molecule has 0 fully saturated rings. The number of hydrogen-bond acceptors (Lipinski definition) is 2. The highest BCUT2D eigenvalue weighted by atomic mass is 32.2. The van der Waals surface area contributed by atoms with Gasteiger partial charge in [-0.05, 0) is 44.2 Å². The number of hydrogen-bond donors (Lipinski definition) is 0. The van der Waals surface area contributed by atoms with E-state index >= 15 is 0 Å². The molecule has 2 heterocycles. The first-order valence-electron chi connectivity index (χ1n) is 9.47. The van der Waals surface area contributed by atoms with Crippen molar-refractivity contribution in [2.75, 3.05) is 0 Å². The Bertz CT molecular complexity index is 1460. The molecule has 0 aliphatic heterocycles. The van der Waals surface area contributed by atoms with Crippen LogP contribution in [-0.4, -0.2) is 17.0 Å². The first kappa shape index (κ1) is 17.8. The molecule has 4 nitrogen and oxygen atoms in total. The first-order valence-corrected chi connectivity index (χ1v) is 10.9. The second kappa shape index (κ2) is 6.36. The molecule has 0 saturated heterocycles. The van der Waals surface area contributed by atoms with E-state index in [2.05, 4.69) is 35.8 Å². The van der Waals surface area contributed by atoms with Crippen molar-refractivity contribution in [1.29, 1.82) is 0 Å². The molecule has 0 radical (unpaired) electrons. The van der Waals surface area contributed by atoms with Crippen LogP contribution in [0.5, 0.6) is 0 Å². The highest BCUT2D eigenvalue weighted by Crippen LogP contribution is 2.36. The van der Waals surface area contributed by atoms with Gasteiger partial charge >= 0.3 is 0 Å². The van der Waals surface area contributed by atoms with E-state index in [9.17, 15) is 8.42 Å². The fraction of sp³-hybridized carbons (Fsp3) is 0.0833. The van der Waals surface area contributed by atoms with Crippen molar-refractivity contribution in [2.45, 2.75) is 18.7 Å². The summed E-state index contributed by atoms with van der Waals surface area (Å²) in [5.74, 6) is 0. The molecule has 2 aromatic heterocycles. The average Bonchev–Trinajstić information content (AvgIpc) is 3.24. The second-order valence-corrected chi connectivity index (χ2v) is 9.07. The van der Waals surface area contributed by atoms with Gasteiger partial charge in [0.2, 0.25) is 0 Å². The van der Waals surface area contributed by atoms with Crippen LogP contribution in [0.4, 0.5) is 0 Å². The molecule has 0 spiro atoms. The largest absolute Gasteiger partial charge is 0.318 e. The number of nitrogens with zero attached hydrogens (tertiary/aromatic N) is 2. The van der Waals surface area contributed by atoms with E-state index in [-0.39, 0.29) is 4.90 Å². The van der Waals surface area contributed by atoms with Gasteiger partial charge in [-0.2, -0.15) is 0 Å². The van der Waals surface area contributed by atoms with Crippen molar-refractivity contribution in [3.05, 3.63) is 96.3 Å². The van der Waals surface area contributed by atoms with E-state index in [0.717, 1.165) is 22.2 Å². The topological polar surface area (TPSA) is 44.0 Å². The summed E-state index contributed by atoms with van der Waals surface area (Å²) in [5, 5.41) is 1.89. The van der Waals surface area contributed by atoms with Crippen LogP contribution < -0.4 is 0 Å². The number of aromatic nitrogens is 2. The smallest absolute Gasteiger partial charge is 0.268 e. The van der Waals surface area contributed by atoms with Gasteiger partial charge in [0.05, 0.1) is 15.9 Å². The number of benzene rings is 3. The summed E-state index contributed by atoms with van der Waals surface area (Å²) >= 11 is 0. The fourth-order valence-electron chi connectivity index (χ4n) is 4.00. The molecular formula is C24H20N2O2S. The van der Waals surface area contributed by atoms with Gasteiger partial charge in [-0.25, -0.2) is 12.4 Å². The van der Waals surface area contributed by atoms with Crippen molar-refractivity contribution < 1.29 is 8.42 Å². The predicted molar refractivity (Wildman–Crippen MR) is 117 cm³/mol. The third-order valence-corrected chi connectivity index (χ3v) is 7.18. The van der Waals surface area contributed by atoms with Gasteiger partial charge in [0.15, 0.2) is 0 Å². The van der Waals surface area contributed by atoms with Crippen molar-refractivity contribution in [2.24, 2.45) is 0 Å². The van der Waals surface area contributed by atoms with Gasteiger partial charge in [0.1, 0.15) is 0 Å². The summed E-state index contributed by atoms with van der Waals surface area (Å²) in [5.41, 5.74) is 4.59. The van der Waals surface area contributed by atoms with E-state index in [4.69, 9.17) is 0 Å². The van der Waals surface area contributed by atoms with Crippen LogP contribution in [0.3, 0.4) is 0 Å². The fourth-order valence-corrected chi connectivity index (χ4v) is 5.53. The summed E-state index contributed by atoms with van der Waals surface area (Å²) in [6.45, 7) is 4.09. The van der Waals surface area contributed by atoms with Crippen LogP contribution in [0.2, 0.25) is 0 Å². The van der Waals surface area contributed by atoms with Crippen molar-refractivity contribution >= 4 is 31.8 Å². The molecular weight excluding hydrogens is 380 g/mol. The summed E-state index contributed by atoms with van der Waals surface area (Å²) in [4.78, 5) is 0.281. The number of fused-ring (bicyclic) bond motifs is 3. The maximum absolute atomic E-state index is 13.6. The minimum absolute atomic E-state index is 0.281. The van der Waals surface area contributed by atoms with Crippen LogP contribution >= 0.6 is 0 Å². The van der Waals surface area contributed by atoms with Crippen molar-refractivity contribution in [1.82, 2.24) is 8.54 Å². The molecule has 144 valence electrons. The highest BCUT2D eigenvalue weighted by Gasteiger charge is 2.25. The molecule has 0 bridgehead atoms. The van der Waals surface area contributed by atoms with Crippen LogP contribution in [-0.2, 0) is 10.0 Å². The third kappa shape index (κ3) is 2.62. The molecule has 0 amide bonds. The SMILES string of the molecule is Cc1ccc(-n2cc3c(c2C)c2ccccc2n3S(=O)(=O)c2ccccc2)cc1. The Morgan fingerprint density at radius 3 is 2.10 bits per heavy atom. The zero-order chi connectivity index (χ0) is 20.2. The van der Waals surface area contributed by atoms with Crippen LogP contribution in [0.15, 0.2) is 90.0 Å². The van der Waals surface area contributed by atoms with Crippen molar-refractivity contribution in [3.8, 4) is 5.69 Å². The molecule has 3 aromatic carbocycles. The minimum atomic E-state index is -3.74. The highest BCUT2D eigenvalue weighted by molar-refractivity contribution is 7.90. The molecule has 29 heavy (non-hydrogen) atoms. The zero-order valence-electron chi connectivity index (χ0n) is 16.2. The summed E-state index contributed by atoms with van der Waals surface area (Å²) in [6, 6.07) is 24.5. The van der Waals surface area contributed by atoms with E-state index in [1.54, 1.807) is 24.3 Å². The summed E-state index contributed by atoms with van der Waals surface area (Å²) in [7, 11) is -3.74. The van der Waals surface area contributed by atoms with E-state index in [1.807, 2.05) is 43.5 Å². The molecule has 0 unspecified atom stereocenters. The summed E-state index contributed by atoms with van der Waals surface area (Å²) in [6.07, 6.45) is 1.93. The lowest BCUT2D eigenvalue weighted by Gasteiger charge is -2.10. The monoisotopic (exact) mass is 400 g/mol. The van der Waals surface area contributed by atoms with Gasteiger partial charge < -0.3 is 4.57 Å². The molecule has 5 aromatic rings. The standard InChI is InChI=1S/C24H20N2O2S/c1-17-12-14-19(15-13-17)25-16-23-24(18(25)2)21-10-6-7-11-22(21)26(23)29(27,28)20-8-4-3-5-9-20/h3-16H,1-2H3. The Labute approximate surface area is 169 Å². The molecule has 0 N–H and O–H groups in total. The third-order valence-electron chi connectivity index (χ3n) is 5.44. The quantitative estimate of drug-likeness (QED) is 0.405. The normalized spacial score (nSPS) is 12.1. The lowest BCUT2D eigenvalue weighted by atomic mass is 10.2. The number of aryl methyl sites for hydroxylation is 2. The van der Waals surface area contributed by atoms with Gasteiger partial charge in [-0.15, -0.1) is 0 Å². The van der Waals surface area contributed by atoms with Crippen molar-refractivity contribution in [3.63, 3.8) is 0 Å². The lowest BCUT2D eigenvalue weighted by molar-refractivity contribution is 0.590.